The van der Waals surface area contributed by atoms with Gasteiger partial charge in [0.25, 0.3) is 0 Å². The third kappa shape index (κ3) is 1.60. The average Bonchev–Trinajstić information content (AvgIpc) is 2.15. The first kappa shape index (κ1) is 9.12. The normalized spacial score (nSPS) is 17.6. The van der Waals surface area contributed by atoms with Crippen LogP contribution in [-0.4, -0.2) is 24.2 Å². The minimum Gasteiger partial charge on any atom is -0.482 e. The molecule has 14 heavy (non-hydrogen) atoms. The summed E-state index contributed by atoms with van der Waals surface area (Å²) in [6.45, 7) is 4.88. The van der Waals surface area contributed by atoms with Crippen LogP contribution in [0.25, 0.3) is 0 Å². The summed E-state index contributed by atoms with van der Waals surface area (Å²) >= 11 is 0. The Morgan fingerprint density at radius 3 is 3.07 bits per heavy atom. The van der Waals surface area contributed by atoms with Gasteiger partial charge in [-0.3, -0.25) is 0 Å². The molecule has 0 radical (unpaired) electrons. The predicted molar refractivity (Wildman–Crippen MR) is 57.0 cm³/mol. The molecule has 0 saturated carbocycles. The van der Waals surface area contributed by atoms with Crippen LogP contribution in [0.4, 0.5) is 11.5 Å². The summed E-state index contributed by atoms with van der Waals surface area (Å²) in [5, 5.41) is 6.27. The summed E-state index contributed by atoms with van der Waals surface area (Å²) in [4.78, 5) is 4.26. The van der Waals surface area contributed by atoms with Gasteiger partial charge in [0.15, 0.2) is 11.6 Å². The van der Waals surface area contributed by atoms with E-state index in [0.717, 1.165) is 23.8 Å². The van der Waals surface area contributed by atoms with Gasteiger partial charge in [-0.2, -0.15) is 0 Å². The van der Waals surface area contributed by atoms with E-state index >= 15 is 0 Å². The van der Waals surface area contributed by atoms with E-state index in [-0.39, 0.29) is 5.60 Å². The lowest BCUT2D eigenvalue weighted by molar-refractivity contribution is 0.115. The molecule has 0 spiro atoms. The topological polar surface area (TPSA) is 46.2 Å². The summed E-state index contributed by atoms with van der Waals surface area (Å²) in [6, 6.07) is 1.95. The summed E-state index contributed by atoms with van der Waals surface area (Å²) in [5.74, 6) is 1.64. The molecule has 1 aliphatic heterocycles. The van der Waals surface area contributed by atoms with Gasteiger partial charge >= 0.3 is 0 Å². The first-order chi connectivity index (χ1) is 6.61. The fourth-order valence-electron chi connectivity index (χ4n) is 1.42. The van der Waals surface area contributed by atoms with E-state index in [9.17, 15) is 0 Å². The molecular formula is C10H15N3O. The number of nitrogens with one attached hydrogen (secondary N) is 2. The van der Waals surface area contributed by atoms with Crippen molar-refractivity contribution in [2.75, 3.05) is 24.2 Å². The number of pyridine rings is 1. The third-order valence-electron chi connectivity index (χ3n) is 2.21. The molecule has 4 heteroatoms. The zero-order valence-electron chi connectivity index (χ0n) is 8.72. The van der Waals surface area contributed by atoms with Gasteiger partial charge in [-0.15, -0.1) is 0 Å². The summed E-state index contributed by atoms with van der Waals surface area (Å²) in [6.07, 6.45) is 1.79. The van der Waals surface area contributed by atoms with Crippen LogP contribution < -0.4 is 15.4 Å². The molecule has 0 aromatic carbocycles. The van der Waals surface area contributed by atoms with Crippen molar-refractivity contribution in [2.24, 2.45) is 0 Å². The average molecular weight is 193 g/mol. The molecule has 0 saturated heterocycles. The van der Waals surface area contributed by atoms with Crippen LogP contribution in [0.5, 0.6) is 5.75 Å². The zero-order valence-corrected chi connectivity index (χ0v) is 8.72. The molecule has 2 N–H and O–H groups in total. The van der Waals surface area contributed by atoms with E-state index in [1.165, 1.54) is 0 Å². The molecule has 0 fully saturated rings. The van der Waals surface area contributed by atoms with Crippen LogP contribution in [0.1, 0.15) is 13.8 Å². The fraction of sp³-hybridized carbons (Fsp3) is 0.500. The van der Waals surface area contributed by atoms with E-state index in [4.69, 9.17) is 4.74 Å². The van der Waals surface area contributed by atoms with Crippen LogP contribution in [0.2, 0.25) is 0 Å². The van der Waals surface area contributed by atoms with Crippen molar-refractivity contribution in [3.05, 3.63) is 12.3 Å². The van der Waals surface area contributed by atoms with Crippen LogP contribution >= 0.6 is 0 Å². The van der Waals surface area contributed by atoms with Crippen molar-refractivity contribution < 1.29 is 4.74 Å². The Kier molecular flexibility index (Phi) is 1.98. The highest BCUT2D eigenvalue weighted by atomic mass is 16.5. The van der Waals surface area contributed by atoms with Crippen LogP contribution in [0, 0.1) is 0 Å². The maximum Gasteiger partial charge on any atom is 0.169 e. The number of hydrogen-bond acceptors (Lipinski definition) is 4. The number of hydrogen-bond donors (Lipinski definition) is 2. The van der Waals surface area contributed by atoms with E-state index in [0.29, 0.717) is 0 Å². The Balaban J connectivity index is 2.34. The van der Waals surface area contributed by atoms with Crippen LogP contribution in [0.15, 0.2) is 12.3 Å². The molecule has 4 nitrogen and oxygen atoms in total. The Bertz CT molecular complexity index is 349. The monoisotopic (exact) mass is 193 g/mol. The lowest BCUT2D eigenvalue weighted by atomic mass is 10.1. The van der Waals surface area contributed by atoms with Crippen LogP contribution in [0.3, 0.4) is 0 Å². The predicted octanol–water partition coefficient (Wildman–Crippen LogP) is 1.71. The second-order valence-corrected chi connectivity index (χ2v) is 4.04. The van der Waals surface area contributed by atoms with Gasteiger partial charge in [0.05, 0.1) is 18.4 Å². The molecule has 1 aromatic rings. The summed E-state index contributed by atoms with van der Waals surface area (Å²) in [7, 11) is 1.87. The molecule has 1 aromatic heterocycles. The van der Waals surface area contributed by atoms with Crippen molar-refractivity contribution in [3.63, 3.8) is 0 Å². The van der Waals surface area contributed by atoms with Gasteiger partial charge in [0.1, 0.15) is 5.60 Å². The van der Waals surface area contributed by atoms with Gasteiger partial charge in [-0.1, -0.05) is 0 Å². The molecule has 1 aliphatic rings. The molecule has 2 rings (SSSR count). The number of aromatic nitrogens is 1. The largest absolute Gasteiger partial charge is 0.482 e. The number of rotatable bonds is 1. The molecule has 0 atom stereocenters. The molecular weight excluding hydrogens is 178 g/mol. The maximum atomic E-state index is 5.80. The molecule has 0 amide bonds. The van der Waals surface area contributed by atoms with E-state index < -0.39 is 0 Å². The van der Waals surface area contributed by atoms with Crippen molar-refractivity contribution in [3.8, 4) is 5.75 Å². The number of fused-ring (bicyclic) bond motifs is 1. The minimum atomic E-state index is -0.166. The van der Waals surface area contributed by atoms with E-state index in [2.05, 4.69) is 29.5 Å². The highest BCUT2D eigenvalue weighted by Crippen LogP contribution is 2.32. The van der Waals surface area contributed by atoms with Crippen molar-refractivity contribution >= 4 is 11.5 Å². The van der Waals surface area contributed by atoms with Crippen molar-refractivity contribution in [2.45, 2.75) is 19.4 Å². The van der Waals surface area contributed by atoms with E-state index in [1.807, 2.05) is 13.1 Å². The Morgan fingerprint density at radius 2 is 2.36 bits per heavy atom. The van der Waals surface area contributed by atoms with Crippen molar-refractivity contribution in [1.82, 2.24) is 4.98 Å². The fourth-order valence-corrected chi connectivity index (χ4v) is 1.42. The van der Waals surface area contributed by atoms with Gasteiger partial charge in [0, 0.05) is 13.1 Å². The standard InChI is InChI=1S/C10H15N3O/c1-10(2)6-13-9-8(14-10)4-7(11-3)5-12-9/h4-5,11H,6H2,1-3H3,(H,12,13). The van der Waals surface area contributed by atoms with Gasteiger partial charge < -0.3 is 15.4 Å². The lowest BCUT2D eigenvalue weighted by Gasteiger charge is -2.32. The molecule has 2 heterocycles. The first-order valence-electron chi connectivity index (χ1n) is 4.71. The van der Waals surface area contributed by atoms with Crippen LogP contribution in [-0.2, 0) is 0 Å². The number of ether oxygens (including phenoxy) is 1. The Labute approximate surface area is 83.7 Å². The second-order valence-electron chi connectivity index (χ2n) is 4.04. The molecule has 0 bridgehead atoms. The maximum absolute atomic E-state index is 5.80. The third-order valence-corrected chi connectivity index (χ3v) is 2.21. The van der Waals surface area contributed by atoms with Gasteiger partial charge in [0.2, 0.25) is 0 Å². The quantitative estimate of drug-likeness (QED) is 0.712. The molecule has 0 aliphatic carbocycles. The minimum absolute atomic E-state index is 0.166. The lowest BCUT2D eigenvalue weighted by Crippen LogP contribution is -2.40. The molecule has 76 valence electrons. The smallest absolute Gasteiger partial charge is 0.169 e. The molecule has 0 unspecified atom stereocenters. The zero-order chi connectivity index (χ0) is 10.2. The highest BCUT2D eigenvalue weighted by molar-refractivity contribution is 5.59. The Morgan fingerprint density at radius 1 is 1.57 bits per heavy atom. The van der Waals surface area contributed by atoms with Crippen molar-refractivity contribution in [1.29, 1.82) is 0 Å². The summed E-state index contributed by atoms with van der Waals surface area (Å²) in [5.41, 5.74) is 0.796. The van der Waals surface area contributed by atoms with E-state index in [1.54, 1.807) is 6.20 Å². The first-order valence-corrected chi connectivity index (χ1v) is 4.71. The Hall–Kier alpha value is -1.45. The second kappa shape index (κ2) is 3.04. The SMILES string of the molecule is CNc1cnc2c(c1)OC(C)(C)CN2. The highest BCUT2D eigenvalue weighted by Gasteiger charge is 2.26. The van der Waals surface area contributed by atoms with Gasteiger partial charge in [-0.05, 0) is 13.8 Å². The van der Waals surface area contributed by atoms with Gasteiger partial charge in [-0.25, -0.2) is 4.98 Å². The summed E-state index contributed by atoms with van der Waals surface area (Å²) < 4.78 is 5.80. The number of anilines is 2. The number of nitrogens with zero attached hydrogens (tertiary/aromatic N) is 1.